The van der Waals surface area contributed by atoms with Crippen molar-refractivity contribution in [1.82, 2.24) is 14.3 Å². The number of H-pyrrole nitrogens is 1. The zero-order valence-corrected chi connectivity index (χ0v) is 13.4. The van der Waals surface area contributed by atoms with E-state index in [0.29, 0.717) is 23.9 Å². The average molecular weight is 321 g/mol. The van der Waals surface area contributed by atoms with E-state index in [1.54, 1.807) is 31.3 Å². The molecule has 2 heterocycles. The van der Waals surface area contributed by atoms with E-state index in [-0.39, 0.29) is 12.6 Å². The number of rotatable bonds is 3. The number of nitrogens with one attached hydrogen (secondary N) is 1. The third kappa shape index (κ3) is 2.79. The first-order chi connectivity index (χ1) is 10.5. The van der Waals surface area contributed by atoms with Gasteiger partial charge >= 0.3 is 0 Å². The lowest BCUT2D eigenvalue weighted by molar-refractivity contribution is -0.00711. The fourth-order valence-corrected chi connectivity index (χ4v) is 4.24. The predicted molar refractivity (Wildman–Crippen MR) is 82.0 cm³/mol. The van der Waals surface area contributed by atoms with E-state index in [1.165, 1.54) is 4.31 Å². The van der Waals surface area contributed by atoms with Gasteiger partial charge in [0.1, 0.15) is 11.9 Å². The molecule has 1 aliphatic rings. The highest BCUT2D eigenvalue weighted by molar-refractivity contribution is 7.89. The van der Waals surface area contributed by atoms with Gasteiger partial charge in [-0.3, -0.25) is 0 Å². The molecule has 2 aromatic rings. The molecular weight excluding hydrogens is 302 g/mol. The summed E-state index contributed by atoms with van der Waals surface area (Å²) in [5.74, 6) is 0.669. The molecule has 22 heavy (non-hydrogen) atoms. The van der Waals surface area contributed by atoms with Crippen molar-refractivity contribution < 1.29 is 13.2 Å². The molecule has 0 amide bonds. The Labute approximate surface area is 130 Å². The minimum absolute atomic E-state index is 0.267. The summed E-state index contributed by atoms with van der Waals surface area (Å²) in [5, 5.41) is 0. The van der Waals surface area contributed by atoms with Gasteiger partial charge in [0.15, 0.2) is 0 Å². The monoisotopic (exact) mass is 321 g/mol. The summed E-state index contributed by atoms with van der Waals surface area (Å²) < 4.78 is 32.8. The van der Waals surface area contributed by atoms with Crippen LogP contribution in [0, 0.1) is 13.8 Å². The van der Waals surface area contributed by atoms with Crippen LogP contribution in [0.5, 0.6) is 0 Å². The Morgan fingerprint density at radius 1 is 1.32 bits per heavy atom. The molecule has 1 aromatic heterocycles. The zero-order valence-electron chi connectivity index (χ0n) is 12.6. The smallest absolute Gasteiger partial charge is 0.243 e. The summed E-state index contributed by atoms with van der Waals surface area (Å²) in [7, 11) is -3.52. The van der Waals surface area contributed by atoms with Crippen molar-refractivity contribution in [3.05, 3.63) is 47.5 Å². The first kappa shape index (κ1) is 15.2. The maximum Gasteiger partial charge on any atom is 0.243 e. The minimum atomic E-state index is -3.52. The van der Waals surface area contributed by atoms with Crippen LogP contribution in [0.4, 0.5) is 0 Å². The molecule has 3 rings (SSSR count). The quantitative estimate of drug-likeness (QED) is 0.935. The number of hydrogen-bond donors (Lipinski definition) is 1. The maximum absolute atomic E-state index is 12.8. The van der Waals surface area contributed by atoms with Gasteiger partial charge in [0.25, 0.3) is 0 Å². The van der Waals surface area contributed by atoms with E-state index in [4.69, 9.17) is 4.74 Å². The Morgan fingerprint density at radius 3 is 2.77 bits per heavy atom. The van der Waals surface area contributed by atoms with E-state index in [9.17, 15) is 8.42 Å². The highest BCUT2D eigenvalue weighted by Crippen LogP contribution is 2.26. The van der Waals surface area contributed by atoms with Crippen molar-refractivity contribution in [2.45, 2.75) is 24.8 Å². The molecule has 0 bridgehead atoms. The molecule has 118 valence electrons. The van der Waals surface area contributed by atoms with Crippen LogP contribution in [-0.4, -0.2) is 42.4 Å². The van der Waals surface area contributed by atoms with Crippen molar-refractivity contribution in [2.75, 3.05) is 19.7 Å². The topological polar surface area (TPSA) is 75.3 Å². The fraction of sp³-hybridized carbons (Fsp3) is 0.400. The molecule has 1 atom stereocenters. The Balaban J connectivity index is 1.87. The molecule has 0 aliphatic carbocycles. The number of aryl methyl sites for hydroxylation is 2. The summed E-state index contributed by atoms with van der Waals surface area (Å²) in [6, 6.07) is 7.03. The van der Waals surface area contributed by atoms with Gasteiger partial charge < -0.3 is 9.72 Å². The lowest BCUT2D eigenvalue weighted by Gasteiger charge is -2.31. The van der Waals surface area contributed by atoms with Gasteiger partial charge in [-0.1, -0.05) is 18.2 Å². The second-order valence-corrected chi connectivity index (χ2v) is 7.35. The third-order valence-corrected chi connectivity index (χ3v) is 5.79. The van der Waals surface area contributed by atoms with Crippen molar-refractivity contribution in [3.63, 3.8) is 0 Å². The summed E-state index contributed by atoms with van der Waals surface area (Å²) in [6.07, 6.45) is 1.36. The highest BCUT2D eigenvalue weighted by atomic mass is 32.2. The number of ether oxygens (including phenoxy) is 1. The number of morpholine rings is 1. The standard InChI is InChI=1S/C15H19N3O3S/c1-11-5-3-4-6-14(11)22(19,20)18-7-8-21-13(10-18)15-16-9-12(2)17-15/h3-6,9,13H,7-8,10H2,1-2H3,(H,16,17). The van der Waals surface area contributed by atoms with E-state index < -0.39 is 10.0 Å². The van der Waals surface area contributed by atoms with E-state index in [1.807, 2.05) is 13.0 Å². The number of imidazole rings is 1. The first-order valence-electron chi connectivity index (χ1n) is 7.17. The molecule has 1 aliphatic heterocycles. The number of aromatic amines is 1. The van der Waals surface area contributed by atoms with E-state index >= 15 is 0 Å². The molecule has 1 aromatic carbocycles. The normalized spacial score (nSPS) is 20.2. The molecule has 1 unspecified atom stereocenters. The second kappa shape index (κ2) is 5.83. The molecule has 1 saturated heterocycles. The van der Waals surface area contributed by atoms with Crippen molar-refractivity contribution in [1.29, 1.82) is 0 Å². The van der Waals surface area contributed by atoms with Crippen LogP contribution in [0.1, 0.15) is 23.2 Å². The van der Waals surface area contributed by atoms with Gasteiger partial charge in [-0.25, -0.2) is 13.4 Å². The number of aromatic nitrogens is 2. The van der Waals surface area contributed by atoms with Gasteiger partial charge in [0.05, 0.1) is 11.5 Å². The molecule has 7 heteroatoms. The molecule has 1 fully saturated rings. The Hall–Kier alpha value is -1.70. The van der Waals surface area contributed by atoms with Gasteiger partial charge in [0, 0.05) is 25.0 Å². The Kier molecular flexibility index (Phi) is 4.03. The number of nitrogens with zero attached hydrogens (tertiary/aromatic N) is 2. The number of sulfonamides is 1. The van der Waals surface area contributed by atoms with Crippen LogP contribution in [0.3, 0.4) is 0 Å². The van der Waals surface area contributed by atoms with Crippen molar-refractivity contribution >= 4 is 10.0 Å². The zero-order chi connectivity index (χ0) is 15.7. The van der Waals surface area contributed by atoms with Crippen LogP contribution in [0.25, 0.3) is 0 Å². The van der Waals surface area contributed by atoms with Crippen molar-refractivity contribution in [3.8, 4) is 0 Å². The number of benzene rings is 1. The van der Waals surface area contributed by atoms with Crippen LogP contribution in [-0.2, 0) is 14.8 Å². The fourth-order valence-electron chi connectivity index (χ4n) is 2.59. The molecule has 0 spiro atoms. The van der Waals surface area contributed by atoms with Crippen LogP contribution in [0.15, 0.2) is 35.4 Å². The Morgan fingerprint density at radius 2 is 2.09 bits per heavy atom. The lowest BCUT2D eigenvalue weighted by atomic mass is 10.2. The number of hydrogen-bond acceptors (Lipinski definition) is 4. The molecule has 0 radical (unpaired) electrons. The average Bonchev–Trinajstić information content (AvgIpc) is 2.94. The molecular formula is C15H19N3O3S. The highest BCUT2D eigenvalue weighted by Gasteiger charge is 2.33. The maximum atomic E-state index is 12.8. The molecule has 6 nitrogen and oxygen atoms in total. The van der Waals surface area contributed by atoms with E-state index in [2.05, 4.69) is 9.97 Å². The predicted octanol–water partition coefficient (Wildman–Crippen LogP) is 1.79. The Bertz CT molecular complexity index is 770. The molecule has 0 saturated carbocycles. The van der Waals surface area contributed by atoms with Crippen LogP contribution < -0.4 is 0 Å². The molecule has 1 N–H and O–H groups in total. The largest absolute Gasteiger partial charge is 0.368 e. The van der Waals surface area contributed by atoms with Gasteiger partial charge in [-0.05, 0) is 25.5 Å². The minimum Gasteiger partial charge on any atom is -0.368 e. The summed E-state index contributed by atoms with van der Waals surface area (Å²) >= 11 is 0. The summed E-state index contributed by atoms with van der Waals surface area (Å²) in [4.78, 5) is 7.71. The SMILES string of the molecule is Cc1cnc(C2CN(S(=O)(=O)c3ccccc3C)CCO2)[nH]1. The first-order valence-corrected chi connectivity index (χ1v) is 8.61. The van der Waals surface area contributed by atoms with Crippen molar-refractivity contribution in [2.24, 2.45) is 0 Å². The van der Waals surface area contributed by atoms with Crippen LogP contribution in [0.2, 0.25) is 0 Å². The second-order valence-electron chi connectivity index (χ2n) is 5.44. The van der Waals surface area contributed by atoms with Crippen LogP contribution >= 0.6 is 0 Å². The van der Waals surface area contributed by atoms with Gasteiger partial charge in [0.2, 0.25) is 10.0 Å². The third-order valence-electron chi connectivity index (χ3n) is 3.77. The van der Waals surface area contributed by atoms with E-state index in [0.717, 1.165) is 11.3 Å². The summed E-state index contributed by atoms with van der Waals surface area (Å²) in [5.41, 5.74) is 1.68. The van der Waals surface area contributed by atoms with Gasteiger partial charge in [-0.15, -0.1) is 0 Å². The lowest BCUT2D eigenvalue weighted by Crippen LogP contribution is -2.42. The van der Waals surface area contributed by atoms with Gasteiger partial charge in [-0.2, -0.15) is 4.31 Å². The summed E-state index contributed by atoms with van der Waals surface area (Å²) in [6.45, 7) is 4.69.